The average Bonchev–Trinajstić information content (AvgIpc) is 2.44. The van der Waals surface area contributed by atoms with Crippen molar-refractivity contribution >= 4 is 17.3 Å². The van der Waals surface area contributed by atoms with Gasteiger partial charge in [-0.2, -0.15) is 0 Å². The third-order valence-corrected chi connectivity index (χ3v) is 3.77. The van der Waals surface area contributed by atoms with Gasteiger partial charge in [-0.3, -0.25) is 0 Å². The van der Waals surface area contributed by atoms with Crippen LogP contribution in [-0.4, -0.2) is 33.9 Å². The summed E-state index contributed by atoms with van der Waals surface area (Å²) in [6.45, 7) is 7.96. The zero-order valence-electron chi connectivity index (χ0n) is 13.1. The van der Waals surface area contributed by atoms with Crippen LogP contribution in [0.5, 0.6) is 0 Å². The van der Waals surface area contributed by atoms with E-state index in [2.05, 4.69) is 43.2 Å². The van der Waals surface area contributed by atoms with Gasteiger partial charge in [0.1, 0.15) is 0 Å². The first-order chi connectivity index (χ1) is 9.58. The highest BCUT2D eigenvalue weighted by atomic mass is 35.5. The Hall–Kier alpha value is -0.770. The summed E-state index contributed by atoms with van der Waals surface area (Å²) < 4.78 is 5.05. The molecule has 0 spiro atoms. The summed E-state index contributed by atoms with van der Waals surface area (Å²) in [4.78, 5) is 2.30. The Morgan fingerprint density at radius 3 is 2.80 bits per heavy atom. The highest BCUT2D eigenvalue weighted by Gasteiger charge is 2.10. The van der Waals surface area contributed by atoms with Crippen LogP contribution in [-0.2, 0) is 11.3 Å². The number of anilines is 1. The van der Waals surface area contributed by atoms with Crippen LogP contribution in [0.25, 0.3) is 0 Å². The van der Waals surface area contributed by atoms with Crippen molar-refractivity contribution in [2.24, 2.45) is 5.92 Å². The topological polar surface area (TPSA) is 24.5 Å². The fraction of sp³-hybridized carbons (Fsp3) is 0.625. The van der Waals surface area contributed by atoms with Gasteiger partial charge in [-0.15, -0.1) is 0 Å². The fourth-order valence-electron chi connectivity index (χ4n) is 2.13. The minimum atomic E-state index is 0.674. The lowest BCUT2D eigenvalue weighted by Crippen LogP contribution is -2.26. The standard InChI is InChI=1S/C16H27ClN2O/c1-5-13(2)12-19(3)16-10-15(17)7-6-14(16)11-18-8-9-20-4/h6-7,10,13,18H,5,8-9,11-12H2,1-4H3. The second-order valence-electron chi connectivity index (χ2n) is 5.34. The maximum absolute atomic E-state index is 6.15. The molecule has 0 aliphatic carbocycles. The quantitative estimate of drug-likeness (QED) is 0.706. The first-order valence-corrected chi connectivity index (χ1v) is 7.65. The molecule has 1 unspecified atom stereocenters. The van der Waals surface area contributed by atoms with E-state index in [-0.39, 0.29) is 0 Å². The highest BCUT2D eigenvalue weighted by Crippen LogP contribution is 2.25. The number of nitrogens with zero attached hydrogens (tertiary/aromatic N) is 1. The van der Waals surface area contributed by atoms with E-state index < -0.39 is 0 Å². The molecule has 0 amide bonds. The predicted molar refractivity (Wildman–Crippen MR) is 87.8 cm³/mol. The number of hydrogen-bond donors (Lipinski definition) is 1. The number of hydrogen-bond acceptors (Lipinski definition) is 3. The van der Waals surface area contributed by atoms with Gasteiger partial charge in [0.15, 0.2) is 0 Å². The number of ether oxygens (including phenoxy) is 1. The lowest BCUT2D eigenvalue weighted by atomic mass is 10.1. The minimum absolute atomic E-state index is 0.674. The molecule has 1 atom stereocenters. The smallest absolute Gasteiger partial charge is 0.0587 e. The zero-order chi connectivity index (χ0) is 15.0. The molecule has 0 bridgehead atoms. The third kappa shape index (κ3) is 5.70. The van der Waals surface area contributed by atoms with E-state index in [9.17, 15) is 0 Å². The Morgan fingerprint density at radius 2 is 2.15 bits per heavy atom. The summed E-state index contributed by atoms with van der Waals surface area (Å²) in [6, 6.07) is 6.11. The molecule has 0 aliphatic heterocycles. The number of benzene rings is 1. The van der Waals surface area contributed by atoms with E-state index in [4.69, 9.17) is 16.3 Å². The highest BCUT2D eigenvalue weighted by molar-refractivity contribution is 6.30. The van der Waals surface area contributed by atoms with Crippen molar-refractivity contribution in [3.8, 4) is 0 Å². The summed E-state index contributed by atoms with van der Waals surface area (Å²) in [5.41, 5.74) is 2.49. The zero-order valence-corrected chi connectivity index (χ0v) is 13.8. The van der Waals surface area contributed by atoms with Crippen LogP contribution >= 0.6 is 11.6 Å². The molecule has 0 heterocycles. The van der Waals surface area contributed by atoms with Crippen LogP contribution in [0.15, 0.2) is 18.2 Å². The molecule has 0 saturated carbocycles. The van der Waals surface area contributed by atoms with E-state index in [0.717, 1.165) is 31.3 Å². The maximum atomic E-state index is 6.15. The first-order valence-electron chi connectivity index (χ1n) is 7.27. The molecule has 0 radical (unpaired) electrons. The molecule has 3 nitrogen and oxygen atoms in total. The van der Waals surface area contributed by atoms with Crippen molar-refractivity contribution < 1.29 is 4.74 Å². The molecule has 1 aromatic rings. The Morgan fingerprint density at radius 1 is 1.40 bits per heavy atom. The van der Waals surface area contributed by atoms with E-state index in [1.54, 1.807) is 7.11 Å². The Balaban J connectivity index is 2.73. The molecule has 114 valence electrons. The van der Waals surface area contributed by atoms with Gasteiger partial charge in [-0.1, -0.05) is 37.9 Å². The summed E-state index contributed by atoms with van der Waals surface area (Å²) in [7, 11) is 3.85. The largest absolute Gasteiger partial charge is 0.383 e. The fourth-order valence-corrected chi connectivity index (χ4v) is 2.30. The Kier molecular flexibility index (Phi) is 7.97. The molecule has 20 heavy (non-hydrogen) atoms. The molecule has 0 aliphatic rings. The Bertz CT molecular complexity index is 398. The maximum Gasteiger partial charge on any atom is 0.0587 e. The number of halogens is 1. The van der Waals surface area contributed by atoms with Crippen molar-refractivity contribution in [3.05, 3.63) is 28.8 Å². The minimum Gasteiger partial charge on any atom is -0.383 e. The van der Waals surface area contributed by atoms with Crippen LogP contribution < -0.4 is 10.2 Å². The average molecular weight is 299 g/mol. The van der Waals surface area contributed by atoms with Gasteiger partial charge < -0.3 is 15.0 Å². The number of methoxy groups -OCH3 is 1. The van der Waals surface area contributed by atoms with Crippen molar-refractivity contribution in [2.75, 3.05) is 38.8 Å². The third-order valence-electron chi connectivity index (χ3n) is 3.54. The van der Waals surface area contributed by atoms with Gasteiger partial charge in [-0.05, 0) is 23.6 Å². The SMILES string of the molecule is CCC(C)CN(C)c1cc(Cl)ccc1CNCCOC. The molecule has 0 fully saturated rings. The first kappa shape index (κ1) is 17.3. The van der Waals surface area contributed by atoms with E-state index in [1.165, 1.54) is 17.7 Å². The van der Waals surface area contributed by atoms with Crippen LogP contribution in [0.2, 0.25) is 5.02 Å². The molecule has 1 rings (SSSR count). The molecule has 4 heteroatoms. The molecule has 0 aromatic heterocycles. The summed E-state index contributed by atoms with van der Waals surface area (Å²) in [5.74, 6) is 0.674. The van der Waals surface area contributed by atoms with Crippen molar-refractivity contribution in [1.29, 1.82) is 0 Å². The lowest BCUT2D eigenvalue weighted by molar-refractivity contribution is 0.199. The molecular formula is C16H27ClN2O. The van der Waals surface area contributed by atoms with Gasteiger partial charge in [0.05, 0.1) is 6.61 Å². The van der Waals surface area contributed by atoms with Gasteiger partial charge >= 0.3 is 0 Å². The Labute approximate surface area is 128 Å². The molecule has 0 saturated heterocycles. The van der Waals surface area contributed by atoms with Gasteiger partial charge in [0.2, 0.25) is 0 Å². The van der Waals surface area contributed by atoms with E-state index in [1.807, 2.05) is 6.07 Å². The van der Waals surface area contributed by atoms with Gasteiger partial charge in [0.25, 0.3) is 0 Å². The number of nitrogens with one attached hydrogen (secondary N) is 1. The summed E-state index contributed by atoms with van der Waals surface area (Å²) in [5, 5.41) is 4.18. The number of rotatable bonds is 9. The van der Waals surface area contributed by atoms with Crippen LogP contribution in [0, 0.1) is 5.92 Å². The van der Waals surface area contributed by atoms with Crippen LogP contribution in [0.1, 0.15) is 25.8 Å². The van der Waals surface area contributed by atoms with Crippen molar-refractivity contribution in [1.82, 2.24) is 5.32 Å². The van der Waals surface area contributed by atoms with Crippen LogP contribution in [0.4, 0.5) is 5.69 Å². The molecule has 1 N–H and O–H groups in total. The second-order valence-corrected chi connectivity index (χ2v) is 5.77. The lowest BCUT2D eigenvalue weighted by Gasteiger charge is -2.25. The van der Waals surface area contributed by atoms with E-state index >= 15 is 0 Å². The molecule has 1 aromatic carbocycles. The monoisotopic (exact) mass is 298 g/mol. The van der Waals surface area contributed by atoms with Crippen molar-refractivity contribution in [3.63, 3.8) is 0 Å². The van der Waals surface area contributed by atoms with Gasteiger partial charge in [0, 0.05) is 44.5 Å². The predicted octanol–water partition coefficient (Wildman–Crippen LogP) is 3.56. The van der Waals surface area contributed by atoms with E-state index in [0.29, 0.717) is 5.92 Å². The summed E-state index contributed by atoms with van der Waals surface area (Å²) in [6.07, 6.45) is 1.19. The molecular weight excluding hydrogens is 272 g/mol. The second kappa shape index (κ2) is 9.22. The van der Waals surface area contributed by atoms with Crippen molar-refractivity contribution in [2.45, 2.75) is 26.8 Å². The van der Waals surface area contributed by atoms with Gasteiger partial charge in [-0.25, -0.2) is 0 Å². The van der Waals surface area contributed by atoms with Crippen LogP contribution in [0.3, 0.4) is 0 Å². The normalized spacial score (nSPS) is 12.4. The summed E-state index contributed by atoms with van der Waals surface area (Å²) >= 11 is 6.15.